The number of hydrogen-bond donors (Lipinski definition) is 0. The van der Waals surface area contributed by atoms with Gasteiger partial charge in [0.15, 0.2) is 0 Å². The maximum atomic E-state index is 5.31. The van der Waals surface area contributed by atoms with Crippen molar-refractivity contribution in [1.29, 1.82) is 0 Å². The summed E-state index contributed by atoms with van der Waals surface area (Å²) < 4.78 is 0. The SMILES string of the molecule is C#Cc1ccc(SCC[Si](C)(C)C)cc1. The lowest BCUT2D eigenvalue weighted by Gasteiger charge is -2.14. The Kier molecular flexibility index (Phi) is 4.50. The highest BCUT2D eigenvalue weighted by Gasteiger charge is 2.11. The fraction of sp³-hybridized carbons (Fsp3) is 0.385. The largest absolute Gasteiger partial charge is 0.126 e. The highest BCUT2D eigenvalue weighted by molar-refractivity contribution is 7.99. The van der Waals surface area contributed by atoms with E-state index < -0.39 is 8.07 Å². The van der Waals surface area contributed by atoms with Gasteiger partial charge < -0.3 is 0 Å². The van der Waals surface area contributed by atoms with Crippen molar-refractivity contribution in [1.82, 2.24) is 0 Å². The molecule has 0 nitrogen and oxygen atoms in total. The fourth-order valence-electron chi connectivity index (χ4n) is 1.12. The van der Waals surface area contributed by atoms with Crippen molar-refractivity contribution >= 4 is 19.8 Å². The average molecular weight is 234 g/mol. The van der Waals surface area contributed by atoms with Gasteiger partial charge in [0.25, 0.3) is 0 Å². The Labute approximate surface area is 98.5 Å². The highest BCUT2D eigenvalue weighted by atomic mass is 32.2. The van der Waals surface area contributed by atoms with Crippen LogP contribution in [0.1, 0.15) is 5.56 Å². The molecule has 0 unspecified atom stereocenters. The molecule has 0 saturated carbocycles. The minimum Gasteiger partial charge on any atom is -0.126 e. The van der Waals surface area contributed by atoms with Crippen molar-refractivity contribution in [3.63, 3.8) is 0 Å². The van der Waals surface area contributed by atoms with Gasteiger partial charge in [0, 0.05) is 18.5 Å². The average Bonchev–Trinajstić information content (AvgIpc) is 2.17. The van der Waals surface area contributed by atoms with E-state index in [1.54, 1.807) is 0 Å². The second-order valence-corrected chi connectivity index (χ2v) is 11.6. The van der Waals surface area contributed by atoms with Gasteiger partial charge in [0.2, 0.25) is 0 Å². The quantitative estimate of drug-likeness (QED) is 0.429. The van der Waals surface area contributed by atoms with Crippen LogP contribution >= 0.6 is 11.8 Å². The van der Waals surface area contributed by atoms with Gasteiger partial charge in [-0.3, -0.25) is 0 Å². The van der Waals surface area contributed by atoms with E-state index in [9.17, 15) is 0 Å². The van der Waals surface area contributed by atoms with Crippen LogP contribution in [0.4, 0.5) is 0 Å². The third-order valence-electron chi connectivity index (χ3n) is 2.14. The van der Waals surface area contributed by atoms with Crippen LogP contribution in [0.2, 0.25) is 25.7 Å². The Hall–Kier alpha value is -0.653. The molecule has 0 spiro atoms. The van der Waals surface area contributed by atoms with Crippen LogP contribution in [-0.4, -0.2) is 13.8 Å². The second-order valence-electron chi connectivity index (χ2n) is 4.83. The van der Waals surface area contributed by atoms with Gasteiger partial charge in [0.05, 0.1) is 0 Å². The summed E-state index contributed by atoms with van der Waals surface area (Å²) in [5, 5.41) is 0. The van der Waals surface area contributed by atoms with E-state index in [-0.39, 0.29) is 0 Å². The molecule has 0 aromatic heterocycles. The van der Waals surface area contributed by atoms with Crippen LogP contribution in [0.25, 0.3) is 0 Å². The maximum absolute atomic E-state index is 5.31. The van der Waals surface area contributed by atoms with E-state index in [1.165, 1.54) is 16.7 Å². The third kappa shape index (κ3) is 5.11. The zero-order chi connectivity index (χ0) is 11.3. The Morgan fingerprint density at radius 3 is 2.27 bits per heavy atom. The number of rotatable bonds is 4. The molecule has 0 atom stereocenters. The molecule has 0 aliphatic rings. The van der Waals surface area contributed by atoms with Crippen molar-refractivity contribution in [2.75, 3.05) is 5.75 Å². The highest BCUT2D eigenvalue weighted by Crippen LogP contribution is 2.22. The van der Waals surface area contributed by atoms with Crippen LogP contribution in [0, 0.1) is 12.3 Å². The normalized spacial score (nSPS) is 11.1. The number of terminal acetylenes is 1. The van der Waals surface area contributed by atoms with E-state index in [1.807, 2.05) is 23.9 Å². The minimum absolute atomic E-state index is 0.882. The molecular weight excluding hydrogens is 216 g/mol. The lowest BCUT2D eigenvalue weighted by atomic mass is 10.2. The van der Waals surface area contributed by atoms with Gasteiger partial charge in [-0.25, -0.2) is 0 Å². The summed E-state index contributed by atoms with van der Waals surface area (Å²) in [6.45, 7) is 7.24. The van der Waals surface area contributed by atoms with Crippen LogP contribution in [-0.2, 0) is 0 Å². The predicted octanol–water partition coefficient (Wildman–Crippen LogP) is 4.10. The van der Waals surface area contributed by atoms with Crippen molar-refractivity contribution in [2.24, 2.45) is 0 Å². The van der Waals surface area contributed by atoms with Crippen molar-refractivity contribution < 1.29 is 0 Å². The van der Waals surface area contributed by atoms with E-state index >= 15 is 0 Å². The molecule has 1 aromatic carbocycles. The van der Waals surface area contributed by atoms with Gasteiger partial charge in [-0.2, -0.15) is 0 Å². The zero-order valence-corrected chi connectivity index (χ0v) is 11.5. The first-order valence-electron chi connectivity index (χ1n) is 5.21. The molecule has 1 rings (SSSR count). The van der Waals surface area contributed by atoms with Crippen molar-refractivity contribution in [3.05, 3.63) is 29.8 Å². The van der Waals surface area contributed by atoms with Crippen LogP contribution in [0.3, 0.4) is 0 Å². The molecule has 0 bridgehead atoms. The monoisotopic (exact) mass is 234 g/mol. The van der Waals surface area contributed by atoms with E-state index in [4.69, 9.17) is 6.42 Å². The van der Waals surface area contributed by atoms with Crippen molar-refractivity contribution in [2.45, 2.75) is 30.6 Å². The molecule has 0 heterocycles. The van der Waals surface area contributed by atoms with Gasteiger partial charge in [-0.15, -0.1) is 18.2 Å². The van der Waals surface area contributed by atoms with Gasteiger partial charge in [-0.1, -0.05) is 25.6 Å². The predicted molar refractivity (Wildman–Crippen MR) is 73.3 cm³/mol. The molecule has 0 amide bonds. The second kappa shape index (κ2) is 5.44. The fourth-order valence-corrected chi connectivity index (χ4v) is 4.54. The number of thioether (sulfide) groups is 1. The molecule has 0 aliphatic heterocycles. The zero-order valence-electron chi connectivity index (χ0n) is 9.71. The number of benzene rings is 1. The standard InChI is InChI=1S/C13H18SSi/c1-5-12-6-8-13(9-7-12)14-10-11-15(2,3)4/h1,6-9H,10-11H2,2-4H3. The molecule has 2 heteroatoms. The Morgan fingerprint density at radius 2 is 1.80 bits per heavy atom. The van der Waals surface area contributed by atoms with Crippen LogP contribution in [0.5, 0.6) is 0 Å². The summed E-state index contributed by atoms with van der Waals surface area (Å²) in [4.78, 5) is 1.33. The lowest BCUT2D eigenvalue weighted by molar-refractivity contribution is 1.35. The number of hydrogen-bond acceptors (Lipinski definition) is 1. The molecule has 0 fully saturated rings. The van der Waals surface area contributed by atoms with E-state index in [2.05, 4.69) is 37.7 Å². The van der Waals surface area contributed by atoms with Gasteiger partial charge in [-0.05, 0) is 36.1 Å². The molecule has 0 N–H and O–H groups in total. The smallest absolute Gasteiger partial charge is 0.0450 e. The molecule has 15 heavy (non-hydrogen) atoms. The summed E-state index contributed by atoms with van der Waals surface area (Å²) >= 11 is 1.93. The topological polar surface area (TPSA) is 0 Å². The molecular formula is C13H18SSi. The summed E-state index contributed by atoms with van der Waals surface area (Å²) in [6, 6.07) is 9.62. The molecule has 0 saturated heterocycles. The molecule has 80 valence electrons. The van der Waals surface area contributed by atoms with Gasteiger partial charge in [0.1, 0.15) is 0 Å². The van der Waals surface area contributed by atoms with E-state index in [0.717, 1.165) is 5.56 Å². The first-order valence-corrected chi connectivity index (χ1v) is 9.90. The summed E-state index contributed by atoms with van der Waals surface area (Å²) in [5.41, 5.74) is 0.963. The van der Waals surface area contributed by atoms with Crippen LogP contribution < -0.4 is 0 Å². The third-order valence-corrected chi connectivity index (χ3v) is 5.27. The Morgan fingerprint density at radius 1 is 1.20 bits per heavy atom. The molecule has 0 aliphatic carbocycles. The maximum Gasteiger partial charge on any atom is 0.0450 e. The Balaban J connectivity index is 2.42. The Bertz CT molecular complexity index is 340. The summed E-state index contributed by atoms with van der Waals surface area (Å²) in [6.07, 6.45) is 5.31. The summed E-state index contributed by atoms with van der Waals surface area (Å²) in [7, 11) is -0.882. The van der Waals surface area contributed by atoms with Gasteiger partial charge >= 0.3 is 0 Å². The van der Waals surface area contributed by atoms with Crippen LogP contribution in [0.15, 0.2) is 29.2 Å². The lowest BCUT2D eigenvalue weighted by Crippen LogP contribution is -2.19. The van der Waals surface area contributed by atoms with E-state index in [0.29, 0.717) is 0 Å². The van der Waals surface area contributed by atoms with Crippen molar-refractivity contribution in [3.8, 4) is 12.3 Å². The minimum atomic E-state index is -0.882. The first kappa shape index (κ1) is 12.4. The molecule has 1 aromatic rings. The molecule has 0 radical (unpaired) electrons. The first-order chi connectivity index (χ1) is 7.01. The summed E-state index contributed by atoms with van der Waals surface area (Å²) in [5.74, 6) is 3.86.